The van der Waals surface area contributed by atoms with Crippen molar-refractivity contribution in [1.82, 2.24) is 14.8 Å². The van der Waals surface area contributed by atoms with Gasteiger partial charge in [0.25, 0.3) is 5.91 Å². The van der Waals surface area contributed by atoms with Crippen LogP contribution in [0.25, 0.3) is 0 Å². The Bertz CT molecular complexity index is 918. The molecule has 0 radical (unpaired) electrons. The third kappa shape index (κ3) is 8.61. The van der Waals surface area contributed by atoms with Crippen molar-refractivity contribution in [3.63, 3.8) is 0 Å². The lowest BCUT2D eigenvalue weighted by molar-refractivity contribution is -0.130. The quantitative estimate of drug-likeness (QED) is 0.497. The van der Waals surface area contributed by atoms with Gasteiger partial charge in [0.15, 0.2) is 5.13 Å². The lowest BCUT2D eigenvalue weighted by atomic mass is 10.1. The highest BCUT2D eigenvalue weighted by molar-refractivity contribution is 7.13. The molecule has 0 fully saturated rings. The van der Waals surface area contributed by atoms with Crippen LogP contribution in [0.15, 0.2) is 29.6 Å². The summed E-state index contributed by atoms with van der Waals surface area (Å²) in [6.45, 7) is 12.0. The number of amides is 3. The third-order valence-electron chi connectivity index (χ3n) is 4.98. The van der Waals surface area contributed by atoms with Crippen LogP contribution in [0, 0.1) is 12.8 Å². The van der Waals surface area contributed by atoms with E-state index in [1.165, 1.54) is 11.3 Å². The van der Waals surface area contributed by atoms with Crippen molar-refractivity contribution >= 4 is 34.2 Å². The number of rotatable bonds is 12. The summed E-state index contributed by atoms with van der Waals surface area (Å²) < 4.78 is 0. The lowest BCUT2D eigenvalue weighted by Crippen LogP contribution is -2.40. The number of aromatic nitrogens is 1. The second kappa shape index (κ2) is 13.1. The van der Waals surface area contributed by atoms with Crippen LogP contribution in [-0.2, 0) is 16.0 Å². The van der Waals surface area contributed by atoms with E-state index in [9.17, 15) is 14.4 Å². The summed E-state index contributed by atoms with van der Waals surface area (Å²) in [5, 5.41) is 5.02. The molecule has 1 aromatic carbocycles. The molecule has 0 aliphatic carbocycles. The van der Waals surface area contributed by atoms with Gasteiger partial charge in [-0.1, -0.05) is 45.4 Å². The highest BCUT2D eigenvalue weighted by Gasteiger charge is 2.21. The molecule has 0 atom stereocenters. The molecule has 1 aromatic heterocycles. The monoisotopic (exact) mass is 472 g/mol. The third-order valence-corrected chi connectivity index (χ3v) is 5.78. The number of hydrogen-bond acceptors (Lipinski definition) is 5. The zero-order valence-corrected chi connectivity index (χ0v) is 21.2. The molecule has 0 saturated heterocycles. The number of thiazole rings is 1. The summed E-state index contributed by atoms with van der Waals surface area (Å²) in [7, 11) is 0. The molecular formula is C25H36N4O3S. The number of nitrogens with one attached hydrogen (secondary N) is 1. The minimum atomic E-state index is -0.304. The Morgan fingerprint density at radius 1 is 1.03 bits per heavy atom. The molecule has 0 spiro atoms. The highest BCUT2D eigenvalue weighted by atomic mass is 32.1. The van der Waals surface area contributed by atoms with E-state index >= 15 is 0 Å². The molecule has 1 heterocycles. The fourth-order valence-electron chi connectivity index (χ4n) is 3.48. The van der Waals surface area contributed by atoms with Gasteiger partial charge in [-0.3, -0.25) is 14.4 Å². The predicted molar refractivity (Wildman–Crippen MR) is 134 cm³/mol. The van der Waals surface area contributed by atoms with E-state index in [0.717, 1.165) is 31.5 Å². The number of carbonyl (C=O) groups excluding carboxylic acids is 3. The molecule has 0 saturated carbocycles. The first-order valence-corrected chi connectivity index (χ1v) is 12.5. The van der Waals surface area contributed by atoms with E-state index in [1.807, 2.05) is 37.8 Å². The van der Waals surface area contributed by atoms with Gasteiger partial charge < -0.3 is 15.1 Å². The van der Waals surface area contributed by atoms with Crippen molar-refractivity contribution in [1.29, 1.82) is 0 Å². The van der Waals surface area contributed by atoms with Crippen LogP contribution >= 0.6 is 11.3 Å². The average Bonchev–Trinajstić information content (AvgIpc) is 3.19. The van der Waals surface area contributed by atoms with Gasteiger partial charge in [-0.25, -0.2) is 4.98 Å². The molecule has 8 heteroatoms. The Labute approximate surface area is 201 Å². The highest BCUT2D eigenvalue weighted by Crippen LogP contribution is 2.17. The summed E-state index contributed by atoms with van der Waals surface area (Å²) in [5.74, 6) is -0.203. The van der Waals surface area contributed by atoms with E-state index in [1.54, 1.807) is 22.4 Å². The minimum absolute atomic E-state index is 0.0497. The van der Waals surface area contributed by atoms with Crippen LogP contribution in [0.4, 0.5) is 5.13 Å². The number of anilines is 1. The number of nitrogens with zero attached hydrogens (tertiary/aromatic N) is 3. The molecule has 180 valence electrons. The van der Waals surface area contributed by atoms with Crippen molar-refractivity contribution in [3.8, 4) is 0 Å². The number of carbonyl (C=O) groups is 3. The molecule has 3 amide bonds. The molecule has 2 rings (SSSR count). The first kappa shape index (κ1) is 26.5. The van der Waals surface area contributed by atoms with Gasteiger partial charge in [0, 0.05) is 30.6 Å². The van der Waals surface area contributed by atoms with Gasteiger partial charge in [-0.2, -0.15) is 0 Å². The van der Waals surface area contributed by atoms with Crippen molar-refractivity contribution in [2.75, 3.05) is 31.5 Å². The molecule has 0 aliphatic heterocycles. The van der Waals surface area contributed by atoms with Gasteiger partial charge in [0.1, 0.15) is 6.54 Å². The number of aryl methyl sites for hydroxylation is 1. The molecule has 0 aliphatic rings. The maximum atomic E-state index is 13.0. The van der Waals surface area contributed by atoms with Crippen LogP contribution in [0.2, 0.25) is 0 Å². The first-order valence-electron chi connectivity index (χ1n) is 11.6. The van der Waals surface area contributed by atoms with Crippen molar-refractivity contribution in [2.45, 2.75) is 53.9 Å². The van der Waals surface area contributed by atoms with E-state index < -0.39 is 0 Å². The molecule has 7 nitrogen and oxygen atoms in total. The summed E-state index contributed by atoms with van der Waals surface area (Å²) in [6, 6.07) is 7.35. The zero-order chi connectivity index (χ0) is 24.4. The predicted octanol–water partition coefficient (Wildman–Crippen LogP) is 4.38. The fourth-order valence-corrected chi connectivity index (χ4v) is 4.21. The van der Waals surface area contributed by atoms with Crippen molar-refractivity contribution < 1.29 is 14.4 Å². The van der Waals surface area contributed by atoms with Gasteiger partial charge in [-0.05, 0) is 37.8 Å². The molecule has 33 heavy (non-hydrogen) atoms. The topological polar surface area (TPSA) is 82.6 Å². The Hall–Kier alpha value is -2.74. The molecule has 0 unspecified atom stereocenters. The smallest absolute Gasteiger partial charge is 0.254 e. The van der Waals surface area contributed by atoms with Gasteiger partial charge in [-0.15, -0.1) is 11.3 Å². The minimum Gasteiger partial charge on any atom is -0.342 e. The summed E-state index contributed by atoms with van der Waals surface area (Å²) in [6.07, 6.45) is 2.05. The van der Waals surface area contributed by atoms with Crippen LogP contribution in [0.5, 0.6) is 0 Å². The van der Waals surface area contributed by atoms with Crippen LogP contribution in [-0.4, -0.2) is 58.7 Å². The maximum absolute atomic E-state index is 13.0. The lowest BCUT2D eigenvalue weighted by Gasteiger charge is -2.24. The Morgan fingerprint density at radius 3 is 2.24 bits per heavy atom. The number of hydrogen-bond donors (Lipinski definition) is 1. The van der Waals surface area contributed by atoms with E-state index in [-0.39, 0.29) is 36.6 Å². The second-order valence-electron chi connectivity index (χ2n) is 8.70. The number of benzene rings is 1. The van der Waals surface area contributed by atoms with E-state index in [2.05, 4.69) is 24.1 Å². The van der Waals surface area contributed by atoms with Crippen LogP contribution < -0.4 is 5.32 Å². The SMILES string of the molecule is CCCN(CCC)C(=O)Cc1csc(NC(=O)CN(CC(C)C)C(=O)c2ccc(C)cc2)n1. The zero-order valence-electron chi connectivity index (χ0n) is 20.4. The largest absolute Gasteiger partial charge is 0.342 e. The Kier molecular flexibility index (Phi) is 10.5. The Morgan fingerprint density at radius 2 is 1.67 bits per heavy atom. The summed E-state index contributed by atoms with van der Waals surface area (Å²) in [4.78, 5) is 46.1. The maximum Gasteiger partial charge on any atom is 0.254 e. The second-order valence-corrected chi connectivity index (χ2v) is 9.55. The van der Waals surface area contributed by atoms with Gasteiger partial charge in [0.2, 0.25) is 11.8 Å². The van der Waals surface area contributed by atoms with E-state index in [0.29, 0.717) is 22.9 Å². The van der Waals surface area contributed by atoms with Crippen LogP contribution in [0.3, 0.4) is 0 Å². The normalized spacial score (nSPS) is 10.8. The molecule has 2 aromatic rings. The van der Waals surface area contributed by atoms with Crippen molar-refractivity contribution in [3.05, 3.63) is 46.5 Å². The standard InChI is InChI=1S/C25H36N4O3S/c1-6-12-28(13-7-2)23(31)14-21-17-33-25(26-21)27-22(30)16-29(15-18(3)4)24(32)20-10-8-19(5)9-11-20/h8-11,17-18H,6-7,12-16H2,1-5H3,(H,26,27,30). The van der Waals surface area contributed by atoms with E-state index in [4.69, 9.17) is 0 Å². The van der Waals surface area contributed by atoms with Gasteiger partial charge >= 0.3 is 0 Å². The van der Waals surface area contributed by atoms with Crippen LogP contribution in [0.1, 0.15) is 62.2 Å². The molecular weight excluding hydrogens is 436 g/mol. The molecule has 1 N–H and O–H groups in total. The summed E-state index contributed by atoms with van der Waals surface area (Å²) in [5.41, 5.74) is 2.28. The van der Waals surface area contributed by atoms with Gasteiger partial charge in [0.05, 0.1) is 12.1 Å². The fraction of sp³-hybridized carbons (Fsp3) is 0.520. The first-order chi connectivity index (χ1) is 15.7. The molecule has 0 bridgehead atoms. The van der Waals surface area contributed by atoms with Crippen molar-refractivity contribution in [2.24, 2.45) is 5.92 Å². The Balaban J connectivity index is 2.00. The summed E-state index contributed by atoms with van der Waals surface area (Å²) >= 11 is 1.29. The average molecular weight is 473 g/mol.